The average Bonchev–Trinajstić information content (AvgIpc) is 2.94. The molecule has 2 aliphatic carbocycles. The zero-order valence-corrected chi connectivity index (χ0v) is 13.0. The molecule has 2 fully saturated rings. The average molecular weight is 312 g/mol. The van der Waals surface area contributed by atoms with Crippen LogP contribution in [0, 0.1) is 0 Å². The molecule has 3 N–H and O–H groups in total. The monoisotopic (exact) mass is 312 g/mol. The summed E-state index contributed by atoms with van der Waals surface area (Å²) in [7, 11) is 0. The normalized spacial score (nSPS) is 27.8. The fourth-order valence-electron chi connectivity index (χ4n) is 3.42. The Hall–Kier alpha value is -2.44. The summed E-state index contributed by atoms with van der Waals surface area (Å²) >= 11 is 0. The van der Waals surface area contributed by atoms with Gasteiger partial charge in [-0.2, -0.15) is 5.21 Å². The van der Waals surface area contributed by atoms with Crippen LogP contribution in [0.1, 0.15) is 44.0 Å². The van der Waals surface area contributed by atoms with E-state index >= 15 is 0 Å². The number of hydrogen-bond acceptors (Lipinski definition) is 4. The predicted octanol–water partition coefficient (Wildman–Crippen LogP) is 1.61. The molecular weight excluding hydrogens is 292 g/mol. The second-order valence-electron chi connectivity index (χ2n) is 6.81. The smallest absolute Gasteiger partial charge is 0.315 e. The first-order chi connectivity index (χ1) is 11.1. The summed E-state index contributed by atoms with van der Waals surface area (Å²) in [5, 5.41) is 20.3. The summed E-state index contributed by atoms with van der Waals surface area (Å²) in [5.74, 6) is 0.570. The summed E-state index contributed by atoms with van der Waals surface area (Å²) in [6, 6.07) is 10.3. The number of carbonyl (C=O) groups excluding carboxylic acids is 1. The van der Waals surface area contributed by atoms with E-state index in [1.807, 2.05) is 18.2 Å². The molecule has 1 heterocycles. The number of tetrazole rings is 1. The van der Waals surface area contributed by atoms with Crippen LogP contribution in [0.2, 0.25) is 0 Å². The van der Waals surface area contributed by atoms with Gasteiger partial charge in [0.2, 0.25) is 0 Å². The lowest BCUT2D eigenvalue weighted by Crippen LogP contribution is -2.55. The number of nitrogens with zero attached hydrogens (tertiary/aromatic N) is 3. The molecule has 0 aliphatic heterocycles. The number of aromatic nitrogens is 4. The van der Waals surface area contributed by atoms with Gasteiger partial charge in [0.25, 0.3) is 0 Å². The van der Waals surface area contributed by atoms with Gasteiger partial charge in [-0.1, -0.05) is 42.5 Å². The predicted molar refractivity (Wildman–Crippen MR) is 83.6 cm³/mol. The van der Waals surface area contributed by atoms with Gasteiger partial charge >= 0.3 is 6.03 Å². The Labute approximate surface area is 134 Å². The van der Waals surface area contributed by atoms with E-state index in [0.717, 1.165) is 25.7 Å². The fraction of sp³-hybridized carbons (Fsp3) is 0.500. The lowest BCUT2D eigenvalue weighted by atomic mass is 9.76. The van der Waals surface area contributed by atoms with Gasteiger partial charge in [-0.05, 0) is 31.2 Å². The van der Waals surface area contributed by atoms with Crippen molar-refractivity contribution >= 4 is 6.03 Å². The van der Waals surface area contributed by atoms with Crippen LogP contribution in [0.25, 0.3) is 0 Å². The Morgan fingerprint density at radius 1 is 1.30 bits per heavy atom. The van der Waals surface area contributed by atoms with Crippen molar-refractivity contribution in [2.75, 3.05) is 0 Å². The minimum atomic E-state index is -0.463. The zero-order chi connectivity index (χ0) is 15.9. The quantitative estimate of drug-likeness (QED) is 0.799. The molecule has 4 rings (SSSR count). The van der Waals surface area contributed by atoms with Gasteiger partial charge in [0.05, 0.1) is 0 Å². The summed E-state index contributed by atoms with van der Waals surface area (Å²) in [6.45, 7) is 2.19. The maximum absolute atomic E-state index is 12.4. The first kappa shape index (κ1) is 14.2. The van der Waals surface area contributed by atoms with E-state index in [4.69, 9.17) is 0 Å². The Kier molecular flexibility index (Phi) is 3.11. The number of H-pyrrole nitrogens is 1. The van der Waals surface area contributed by atoms with E-state index in [2.05, 4.69) is 50.3 Å². The Morgan fingerprint density at radius 2 is 2.09 bits per heavy atom. The van der Waals surface area contributed by atoms with Gasteiger partial charge in [0.1, 0.15) is 5.54 Å². The number of carbonyl (C=O) groups is 1. The van der Waals surface area contributed by atoms with Crippen LogP contribution in [0.3, 0.4) is 0 Å². The third kappa shape index (κ3) is 2.36. The lowest BCUT2D eigenvalue weighted by molar-refractivity contribution is 0.168. The summed E-state index contributed by atoms with van der Waals surface area (Å²) in [5.41, 5.74) is 0.828. The summed E-state index contributed by atoms with van der Waals surface area (Å²) < 4.78 is 0. The van der Waals surface area contributed by atoms with Gasteiger partial charge in [-0.3, -0.25) is 0 Å². The molecule has 2 unspecified atom stereocenters. The van der Waals surface area contributed by atoms with Crippen molar-refractivity contribution in [2.45, 2.75) is 49.6 Å². The lowest BCUT2D eigenvalue weighted by Gasteiger charge is -2.39. The molecule has 0 spiro atoms. The third-order valence-electron chi connectivity index (χ3n) is 5.31. The zero-order valence-electron chi connectivity index (χ0n) is 13.0. The van der Waals surface area contributed by atoms with Crippen molar-refractivity contribution in [3.8, 4) is 0 Å². The summed E-state index contributed by atoms with van der Waals surface area (Å²) in [4.78, 5) is 12.4. The maximum atomic E-state index is 12.4. The highest BCUT2D eigenvalue weighted by Crippen LogP contribution is 2.48. The van der Waals surface area contributed by atoms with Gasteiger partial charge in [-0.15, -0.1) is 10.2 Å². The number of urea groups is 1. The first-order valence-electron chi connectivity index (χ1n) is 8.01. The minimum Gasteiger partial charge on any atom is -0.334 e. The van der Waals surface area contributed by atoms with Crippen molar-refractivity contribution in [3.63, 3.8) is 0 Å². The van der Waals surface area contributed by atoms with E-state index in [1.54, 1.807) is 0 Å². The molecule has 1 aromatic carbocycles. The molecule has 7 heteroatoms. The molecule has 2 amide bonds. The van der Waals surface area contributed by atoms with E-state index in [9.17, 15) is 4.79 Å². The van der Waals surface area contributed by atoms with Gasteiger partial charge in [-0.25, -0.2) is 4.79 Å². The van der Waals surface area contributed by atoms with Crippen molar-refractivity contribution in [1.82, 2.24) is 31.3 Å². The SMILES string of the molecule is CC1(c2ccccc2)CC1NC(=O)NC1(c2nn[nH]n2)CCC1. The van der Waals surface area contributed by atoms with E-state index in [1.165, 1.54) is 5.56 Å². The molecule has 2 aliphatic rings. The van der Waals surface area contributed by atoms with E-state index in [-0.39, 0.29) is 17.5 Å². The van der Waals surface area contributed by atoms with Crippen LogP contribution < -0.4 is 10.6 Å². The van der Waals surface area contributed by atoms with E-state index < -0.39 is 5.54 Å². The van der Waals surface area contributed by atoms with Crippen LogP contribution in [-0.2, 0) is 11.0 Å². The molecule has 2 saturated carbocycles. The molecule has 2 atom stereocenters. The van der Waals surface area contributed by atoms with Crippen LogP contribution in [-0.4, -0.2) is 32.7 Å². The van der Waals surface area contributed by atoms with Gasteiger partial charge in [0, 0.05) is 11.5 Å². The molecular formula is C16H20N6O. The number of rotatable bonds is 4. The van der Waals surface area contributed by atoms with Crippen LogP contribution in [0.15, 0.2) is 30.3 Å². The molecule has 0 saturated heterocycles. The third-order valence-corrected chi connectivity index (χ3v) is 5.31. The first-order valence-corrected chi connectivity index (χ1v) is 8.01. The number of amides is 2. The molecule has 0 radical (unpaired) electrons. The highest BCUT2D eigenvalue weighted by molar-refractivity contribution is 5.76. The molecule has 23 heavy (non-hydrogen) atoms. The van der Waals surface area contributed by atoms with Crippen molar-refractivity contribution in [3.05, 3.63) is 41.7 Å². The molecule has 1 aromatic heterocycles. The van der Waals surface area contributed by atoms with Gasteiger partial charge in [0.15, 0.2) is 5.82 Å². The Balaban J connectivity index is 1.40. The number of nitrogens with one attached hydrogen (secondary N) is 3. The van der Waals surface area contributed by atoms with E-state index in [0.29, 0.717) is 5.82 Å². The van der Waals surface area contributed by atoms with Crippen LogP contribution >= 0.6 is 0 Å². The minimum absolute atomic E-state index is 0.0253. The molecule has 2 aromatic rings. The van der Waals surface area contributed by atoms with Crippen molar-refractivity contribution in [1.29, 1.82) is 0 Å². The molecule has 0 bridgehead atoms. The Bertz CT molecular complexity index is 697. The van der Waals surface area contributed by atoms with Crippen molar-refractivity contribution < 1.29 is 4.79 Å². The largest absolute Gasteiger partial charge is 0.334 e. The molecule has 7 nitrogen and oxygen atoms in total. The second-order valence-corrected chi connectivity index (χ2v) is 6.81. The Morgan fingerprint density at radius 3 is 2.70 bits per heavy atom. The van der Waals surface area contributed by atoms with Crippen LogP contribution in [0.4, 0.5) is 4.79 Å². The standard InChI is InChI=1S/C16H20N6O/c1-15(11-6-3-2-4-7-11)10-12(15)17-14(23)18-16(8-5-9-16)13-19-21-22-20-13/h2-4,6-7,12H,5,8-10H2,1H3,(H2,17,18,23)(H,19,20,21,22). The topological polar surface area (TPSA) is 95.6 Å². The maximum Gasteiger partial charge on any atom is 0.315 e. The van der Waals surface area contributed by atoms with Gasteiger partial charge < -0.3 is 10.6 Å². The summed E-state index contributed by atoms with van der Waals surface area (Å²) in [6.07, 6.45) is 3.71. The molecule has 120 valence electrons. The van der Waals surface area contributed by atoms with Crippen molar-refractivity contribution in [2.24, 2.45) is 0 Å². The van der Waals surface area contributed by atoms with Crippen LogP contribution in [0.5, 0.6) is 0 Å². The number of hydrogen-bond donors (Lipinski definition) is 3. The number of aromatic amines is 1. The highest BCUT2D eigenvalue weighted by atomic mass is 16.2. The number of benzene rings is 1. The second kappa shape index (κ2) is 5.04. The fourth-order valence-corrected chi connectivity index (χ4v) is 3.42. The highest BCUT2D eigenvalue weighted by Gasteiger charge is 2.53.